The number of hydrogen-bond donors (Lipinski definition) is 2. The summed E-state index contributed by atoms with van der Waals surface area (Å²) < 4.78 is 42.6. The SMILES string of the molecule is O=C(O)CCNCc1sc2ccc(-c3ccc(-c4ccccc4)c(C(F)(F)F)c3)cc2c1Cl. The van der Waals surface area contributed by atoms with Gasteiger partial charge >= 0.3 is 12.1 Å². The molecule has 0 aliphatic carbocycles. The molecule has 0 aliphatic heterocycles. The smallest absolute Gasteiger partial charge is 0.417 e. The lowest BCUT2D eigenvalue weighted by Gasteiger charge is -2.15. The van der Waals surface area contributed by atoms with Crippen molar-refractivity contribution in [1.82, 2.24) is 5.32 Å². The summed E-state index contributed by atoms with van der Waals surface area (Å²) in [5.74, 6) is -0.883. The molecule has 33 heavy (non-hydrogen) atoms. The van der Waals surface area contributed by atoms with Crippen molar-refractivity contribution in [2.75, 3.05) is 6.54 Å². The van der Waals surface area contributed by atoms with Crippen LogP contribution in [0.4, 0.5) is 13.2 Å². The number of alkyl halides is 3. The first-order valence-electron chi connectivity index (χ1n) is 10.1. The van der Waals surface area contributed by atoms with E-state index in [0.29, 0.717) is 34.8 Å². The molecule has 3 nitrogen and oxygen atoms in total. The van der Waals surface area contributed by atoms with Crippen LogP contribution in [-0.4, -0.2) is 17.6 Å². The second-order valence-corrected chi connectivity index (χ2v) is 9.01. The highest BCUT2D eigenvalue weighted by Gasteiger charge is 2.34. The van der Waals surface area contributed by atoms with Crippen molar-refractivity contribution in [1.29, 1.82) is 0 Å². The average molecular weight is 490 g/mol. The molecule has 1 aromatic heterocycles. The number of carboxylic acid groups (broad SMARTS) is 1. The van der Waals surface area contributed by atoms with Gasteiger partial charge in [0.25, 0.3) is 0 Å². The maximum Gasteiger partial charge on any atom is 0.417 e. The third-order valence-electron chi connectivity index (χ3n) is 5.24. The molecule has 8 heteroatoms. The summed E-state index contributed by atoms with van der Waals surface area (Å²) in [6.07, 6.45) is -4.49. The molecule has 0 bridgehead atoms. The molecule has 0 atom stereocenters. The molecule has 0 unspecified atom stereocenters. The second kappa shape index (κ2) is 9.55. The zero-order valence-electron chi connectivity index (χ0n) is 17.2. The first-order chi connectivity index (χ1) is 15.7. The van der Waals surface area contributed by atoms with Crippen LogP contribution in [-0.2, 0) is 17.5 Å². The topological polar surface area (TPSA) is 49.3 Å². The van der Waals surface area contributed by atoms with Crippen molar-refractivity contribution in [3.63, 3.8) is 0 Å². The van der Waals surface area contributed by atoms with E-state index in [9.17, 15) is 18.0 Å². The van der Waals surface area contributed by atoms with Crippen molar-refractivity contribution in [3.8, 4) is 22.3 Å². The Balaban J connectivity index is 1.68. The first kappa shape index (κ1) is 23.3. The molecule has 0 saturated carbocycles. The van der Waals surface area contributed by atoms with E-state index in [-0.39, 0.29) is 12.0 Å². The van der Waals surface area contributed by atoms with Crippen LogP contribution in [0.5, 0.6) is 0 Å². The maximum atomic E-state index is 13.9. The lowest BCUT2D eigenvalue weighted by atomic mass is 9.94. The Morgan fingerprint density at radius 3 is 2.36 bits per heavy atom. The number of fused-ring (bicyclic) bond motifs is 1. The number of carboxylic acids is 1. The summed E-state index contributed by atoms with van der Waals surface area (Å²) in [6.45, 7) is 0.740. The average Bonchev–Trinajstić information content (AvgIpc) is 3.11. The molecule has 0 amide bonds. The molecule has 0 radical (unpaired) electrons. The minimum absolute atomic E-state index is 0.00712. The van der Waals surface area contributed by atoms with E-state index in [1.54, 1.807) is 48.5 Å². The van der Waals surface area contributed by atoms with E-state index in [0.717, 1.165) is 15.0 Å². The van der Waals surface area contributed by atoms with Gasteiger partial charge in [0.05, 0.1) is 17.0 Å². The Labute approximate surface area is 197 Å². The summed E-state index contributed by atoms with van der Waals surface area (Å²) in [6, 6.07) is 18.3. The van der Waals surface area contributed by atoms with Crippen LogP contribution in [0.25, 0.3) is 32.3 Å². The lowest BCUT2D eigenvalue weighted by Crippen LogP contribution is -2.17. The van der Waals surface area contributed by atoms with Crippen LogP contribution in [0.3, 0.4) is 0 Å². The summed E-state index contributed by atoms with van der Waals surface area (Å²) in [5, 5.41) is 13.1. The zero-order chi connectivity index (χ0) is 23.6. The molecule has 2 N–H and O–H groups in total. The van der Waals surface area contributed by atoms with Crippen LogP contribution in [0.2, 0.25) is 5.02 Å². The summed E-state index contributed by atoms with van der Waals surface area (Å²) >= 11 is 8.01. The van der Waals surface area contributed by atoms with Gasteiger partial charge in [0, 0.05) is 28.1 Å². The van der Waals surface area contributed by atoms with Gasteiger partial charge in [0.1, 0.15) is 0 Å². The van der Waals surface area contributed by atoms with Crippen LogP contribution in [0.1, 0.15) is 16.9 Å². The highest BCUT2D eigenvalue weighted by atomic mass is 35.5. The van der Waals surface area contributed by atoms with Gasteiger partial charge in [-0.05, 0) is 40.5 Å². The maximum absolute atomic E-state index is 13.9. The first-order valence-corrected chi connectivity index (χ1v) is 11.3. The van der Waals surface area contributed by atoms with E-state index in [4.69, 9.17) is 16.7 Å². The van der Waals surface area contributed by atoms with E-state index < -0.39 is 17.7 Å². The number of halogens is 4. The van der Waals surface area contributed by atoms with E-state index in [1.165, 1.54) is 23.5 Å². The molecule has 4 rings (SSSR count). The molecular formula is C25H19ClF3NO2S. The minimum Gasteiger partial charge on any atom is -0.481 e. The summed E-state index contributed by atoms with van der Waals surface area (Å²) in [4.78, 5) is 11.5. The molecule has 170 valence electrons. The number of carbonyl (C=O) groups is 1. The molecule has 3 aromatic carbocycles. The third kappa shape index (κ3) is 5.21. The Kier molecular flexibility index (Phi) is 6.74. The monoisotopic (exact) mass is 489 g/mol. The Morgan fingerprint density at radius 1 is 0.970 bits per heavy atom. The predicted molar refractivity (Wildman–Crippen MR) is 127 cm³/mol. The van der Waals surface area contributed by atoms with Crippen molar-refractivity contribution in [3.05, 3.63) is 82.2 Å². The number of benzene rings is 3. The van der Waals surface area contributed by atoms with Crippen molar-refractivity contribution >= 4 is 39.0 Å². The number of nitrogens with one attached hydrogen (secondary N) is 1. The quantitative estimate of drug-likeness (QED) is 0.265. The fraction of sp³-hybridized carbons (Fsp3) is 0.160. The number of rotatable bonds is 7. The Morgan fingerprint density at radius 2 is 1.67 bits per heavy atom. The van der Waals surface area contributed by atoms with Gasteiger partial charge in [-0.15, -0.1) is 11.3 Å². The number of aliphatic carboxylic acids is 1. The summed E-state index contributed by atoms with van der Waals surface area (Å²) in [5.41, 5.74) is 1.04. The van der Waals surface area contributed by atoms with Gasteiger partial charge in [0.2, 0.25) is 0 Å². The Hall–Kier alpha value is -2.87. The summed E-state index contributed by atoms with van der Waals surface area (Å²) in [7, 11) is 0. The number of hydrogen-bond acceptors (Lipinski definition) is 3. The normalized spacial score (nSPS) is 11.8. The molecule has 1 heterocycles. The largest absolute Gasteiger partial charge is 0.481 e. The molecular weight excluding hydrogens is 471 g/mol. The number of thiophene rings is 1. The van der Waals surface area contributed by atoms with Gasteiger partial charge in [0.15, 0.2) is 0 Å². The van der Waals surface area contributed by atoms with E-state index in [2.05, 4.69) is 5.32 Å². The molecule has 0 spiro atoms. The molecule has 0 aliphatic rings. The lowest BCUT2D eigenvalue weighted by molar-refractivity contribution is -0.137. The van der Waals surface area contributed by atoms with Gasteiger partial charge < -0.3 is 10.4 Å². The fourth-order valence-corrected chi connectivity index (χ4v) is 5.08. The van der Waals surface area contributed by atoms with Crippen LogP contribution in [0, 0.1) is 0 Å². The van der Waals surface area contributed by atoms with Gasteiger partial charge in [-0.3, -0.25) is 4.79 Å². The van der Waals surface area contributed by atoms with Crippen LogP contribution < -0.4 is 5.32 Å². The van der Waals surface area contributed by atoms with Crippen molar-refractivity contribution in [2.45, 2.75) is 19.1 Å². The standard InChI is InChI=1S/C25H19ClF3NO2S/c26-24-19-12-16(7-9-21(19)33-22(24)14-30-11-10-23(31)32)17-6-8-18(15-4-2-1-3-5-15)20(13-17)25(27,28)29/h1-9,12-13,30H,10-11,14H2,(H,31,32). The Bertz CT molecular complexity index is 1300. The molecule has 4 aromatic rings. The van der Waals surface area contributed by atoms with Crippen molar-refractivity contribution < 1.29 is 23.1 Å². The van der Waals surface area contributed by atoms with Crippen LogP contribution >= 0.6 is 22.9 Å². The highest BCUT2D eigenvalue weighted by Crippen LogP contribution is 2.41. The minimum atomic E-state index is -4.50. The van der Waals surface area contributed by atoms with Gasteiger partial charge in [-0.1, -0.05) is 60.1 Å². The molecule has 0 saturated heterocycles. The fourth-order valence-electron chi connectivity index (χ4n) is 3.64. The highest BCUT2D eigenvalue weighted by molar-refractivity contribution is 7.19. The van der Waals surface area contributed by atoms with Crippen LogP contribution in [0.15, 0.2) is 66.7 Å². The van der Waals surface area contributed by atoms with E-state index in [1.807, 2.05) is 6.07 Å². The van der Waals surface area contributed by atoms with Gasteiger partial charge in [-0.25, -0.2) is 0 Å². The molecule has 0 fully saturated rings. The second-order valence-electron chi connectivity index (χ2n) is 7.49. The van der Waals surface area contributed by atoms with Gasteiger partial charge in [-0.2, -0.15) is 13.2 Å². The van der Waals surface area contributed by atoms with E-state index >= 15 is 0 Å². The third-order valence-corrected chi connectivity index (χ3v) is 6.95. The predicted octanol–water partition coefficient (Wildman–Crippen LogP) is 7.47. The zero-order valence-corrected chi connectivity index (χ0v) is 18.8. The van der Waals surface area contributed by atoms with Crippen molar-refractivity contribution in [2.24, 2.45) is 0 Å².